The van der Waals surface area contributed by atoms with Crippen LogP contribution in [-0.4, -0.2) is 54.2 Å². The lowest BCUT2D eigenvalue weighted by molar-refractivity contribution is -0.138. The Bertz CT molecular complexity index is 891. The van der Waals surface area contributed by atoms with Crippen LogP contribution in [0.3, 0.4) is 0 Å². The predicted molar refractivity (Wildman–Crippen MR) is 110 cm³/mol. The molecule has 0 radical (unpaired) electrons. The highest BCUT2D eigenvalue weighted by Crippen LogP contribution is 2.21. The first-order valence-electron chi connectivity index (χ1n) is 9.79. The van der Waals surface area contributed by atoms with Crippen LogP contribution >= 0.6 is 0 Å². The van der Waals surface area contributed by atoms with E-state index in [4.69, 9.17) is 4.42 Å². The maximum Gasteiger partial charge on any atom is 0.257 e. The summed E-state index contributed by atoms with van der Waals surface area (Å²) < 4.78 is 4.98. The Morgan fingerprint density at radius 1 is 1.24 bits per heavy atom. The maximum absolute atomic E-state index is 12.9. The number of nitrogens with zero attached hydrogens (tertiary/aromatic N) is 2. The lowest BCUT2D eigenvalue weighted by atomic mass is 9.96. The fourth-order valence-corrected chi connectivity index (χ4v) is 3.61. The number of amides is 3. The van der Waals surface area contributed by atoms with Gasteiger partial charge in [-0.3, -0.25) is 14.4 Å². The van der Waals surface area contributed by atoms with E-state index in [1.54, 1.807) is 18.0 Å². The van der Waals surface area contributed by atoms with E-state index in [1.807, 2.05) is 32.0 Å². The Morgan fingerprint density at radius 2 is 2.03 bits per heavy atom. The van der Waals surface area contributed by atoms with E-state index in [1.165, 1.54) is 17.4 Å². The van der Waals surface area contributed by atoms with Crippen LogP contribution in [-0.2, 0) is 9.59 Å². The molecule has 0 aliphatic carbocycles. The Labute approximate surface area is 170 Å². The van der Waals surface area contributed by atoms with Crippen molar-refractivity contribution in [1.29, 1.82) is 0 Å². The molecule has 2 heterocycles. The molecule has 0 spiro atoms. The van der Waals surface area contributed by atoms with Crippen molar-refractivity contribution in [2.45, 2.75) is 26.7 Å². The highest BCUT2D eigenvalue weighted by molar-refractivity contribution is 5.96. The van der Waals surface area contributed by atoms with Gasteiger partial charge in [0.2, 0.25) is 11.8 Å². The van der Waals surface area contributed by atoms with Crippen molar-refractivity contribution >= 4 is 23.4 Å². The minimum atomic E-state index is -0.307. The van der Waals surface area contributed by atoms with E-state index in [0.717, 1.165) is 23.2 Å². The Kier molecular flexibility index (Phi) is 6.36. The summed E-state index contributed by atoms with van der Waals surface area (Å²) in [5.41, 5.74) is 3.34. The van der Waals surface area contributed by atoms with Crippen molar-refractivity contribution in [3.8, 4) is 0 Å². The van der Waals surface area contributed by atoms with Crippen molar-refractivity contribution in [2.24, 2.45) is 5.92 Å². The Hall–Kier alpha value is -3.09. The number of carbonyl (C=O) groups excluding carboxylic acids is 3. The quantitative estimate of drug-likeness (QED) is 0.841. The highest BCUT2D eigenvalue weighted by atomic mass is 16.3. The summed E-state index contributed by atoms with van der Waals surface area (Å²) in [5.74, 6) is -0.799. The van der Waals surface area contributed by atoms with Crippen molar-refractivity contribution in [1.82, 2.24) is 9.80 Å². The minimum absolute atomic E-state index is 0.0294. The molecule has 154 valence electrons. The number of furan rings is 1. The summed E-state index contributed by atoms with van der Waals surface area (Å²) in [4.78, 5) is 40.9. The lowest BCUT2D eigenvalue weighted by Crippen LogP contribution is -2.47. The molecule has 0 saturated carbocycles. The van der Waals surface area contributed by atoms with E-state index in [9.17, 15) is 14.4 Å². The molecule has 1 N–H and O–H groups in total. The van der Waals surface area contributed by atoms with Gasteiger partial charge in [-0.25, -0.2) is 0 Å². The number of likely N-dealkylation sites (N-methyl/N-ethyl adjacent to an activating group) is 1. The highest BCUT2D eigenvalue weighted by Gasteiger charge is 2.31. The second-order valence-corrected chi connectivity index (χ2v) is 7.59. The molecule has 2 aromatic rings. The molecule has 29 heavy (non-hydrogen) atoms. The van der Waals surface area contributed by atoms with Crippen molar-refractivity contribution in [3.63, 3.8) is 0 Å². The molecule has 1 unspecified atom stereocenters. The number of aryl methyl sites for hydroxylation is 1. The van der Waals surface area contributed by atoms with Gasteiger partial charge in [-0.15, -0.1) is 0 Å². The molecule has 1 aromatic carbocycles. The van der Waals surface area contributed by atoms with Gasteiger partial charge in [0.1, 0.15) is 6.26 Å². The number of anilines is 1. The molecule has 1 aliphatic heterocycles. The summed E-state index contributed by atoms with van der Waals surface area (Å²) >= 11 is 0. The van der Waals surface area contributed by atoms with E-state index >= 15 is 0 Å². The number of rotatable bonds is 5. The summed E-state index contributed by atoms with van der Waals surface area (Å²) in [6.07, 6.45) is 4.33. The summed E-state index contributed by atoms with van der Waals surface area (Å²) in [6, 6.07) is 7.35. The number of carbonyl (C=O) groups is 3. The molecular formula is C22H27N3O4. The number of hydrogen-bond donors (Lipinski definition) is 1. The molecule has 0 bridgehead atoms. The second kappa shape index (κ2) is 8.94. The van der Waals surface area contributed by atoms with Crippen LogP contribution in [0.5, 0.6) is 0 Å². The molecular weight excluding hydrogens is 370 g/mol. The van der Waals surface area contributed by atoms with Gasteiger partial charge in [0.05, 0.1) is 24.3 Å². The topological polar surface area (TPSA) is 82.9 Å². The number of piperidine rings is 1. The van der Waals surface area contributed by atoms with Crippen molar-refractivity contribution < 1.29 is 18.8 Å². The van der Waals surface area contributed by atoms with E-state index < -0.39 is 0 Å². The normalized spacial score (nSPS) is 16.4. The zero-order valence-electron chi connectivity index (χ0n) is 17.1. The molecule has 1 fully saturated rings. The largest absolute Gasteiger partial charge is 0.472 e. The molecule has 1 aromatic heterocycles. The standard InChI is InChI=1S/C22H27N3O4/c1-15-6-4-8-19(16(15)2)23-20(26)13-24(3)21(27)17-7-5-10-25(12-17)22(28)18-9-11-29-14-18/h4,6,8-9,11,14,17H,5,7,10,12-13H2,1-3H3,(H,23,26). The van der Waals surface area contributed by atoms with Crippen LogP contribution in [0.4, 0.5) is 5.69 Å². The zero-order valence-corrected chi connectivity index (χ0v) is 17.1. The fraction of sp³-hybridized carbons (Fsp3) is 0.409. The van der Waals surface area contributed by atoms with Gasteiger partial charge in [0, 0.05) is 25.8 Å². The molecule has 3 rings (SSSR count). The predicted octanol–water partition coefficient (Wildman–Crippen LogP) is 2.85. The van der Waals surface area contributed by atoms with Gasteiger partial charge in [-0.05, 0) is 49.9 Å². The number of hydrogen-bond acceptors (Lipinski definition) is 4. The first-order chi connectivity index (χ1) is 13.9. The first kappa shape index (κ1) is 20.6. The third-order valence-corrected chi connectivity index (χ3v) is 5.46. The minimum Gasteiger partial charge on any atom is -0.472 e. The smallest absolute Gasteiger partial charge is 0.257 e. The van der Waals surface area contributed by atoms with Gasteiger partial charge in [0.25, 0.3) is 5.91 Å². The average Bonchev–Trinajstić information content (AvgIpc) is 3.25. The van der Waals surface area contributed by atoms with Crippen LogP contribution in [0, 0.1) is 19.8 Å². The SMILES string of the molecule is Cc1cccc(NC(=O)CN(C)C(=O)C2CCCN(C(=O)c3ccoc3)C2)c1C. The van der Waals surface area contributed by atoms with Crippen molar-refractivity contribution in [3.05, 3.63) is 53.5 Å². The van der Waals surface area contributed by atoms with E-state index in [0.29, 0.717) is 25.1 Å². The summed E-state index contributed by atoms with van der Waals surface area (Å²) in [6.45, 7) is 4.88. The molecule has 7 nitrogen and oxygen atoms in total. The van der Waals surface area contributed by atoms with Gasteiger partial charge < -0.3 is 19.5 Å². The van der Waals surface area contributed by atoms with Crippen molar-refractivity contribution in [2.75, 3.05) is 32.0 Å². The average molecular weight is 397 g/mol. The lowest BCUT2D eigenvalue weighted by Gasteiger charge is -2.33. The van der Waals surface area contributed by atoms with Gasteiger partial charge in [-0.1, -0.05) is 12.1 Å². The summed E-state index contributed by atoms with van der Waals surface area (Å²) in [7, 11) is 1.63. The molecule has 7 heteroatoms. The third-order valence-electron chi connectivity index (χ3n) is 5.46. The zero-order chi connectivity index (χ0) is 21.0. The molecule has 3 amide bonds. The Balaban J connectivity index is 1.57. The van der Waals surface area contributed by atoms with Crippen LogP contribution in [0.25, 0.3) is 0 Å². The Morgan fingerprint density at radius 3 is 2.76 bits per heavy atom. The number of nitrogens with one attached hydrogen (secondary N) is 1. The maximum atomic E-state index is 12.9. The summed E-state index contributed by atoms with van der Waals surface area (Å²) in [5, 5.41) is 2.88. The molecule has 1 saturated heterocycles. The van der Waals surface area contributed by atoms with Crippen LogP contribution in [0.2, 0.25) is 0 Å². The van der Waals surface area contributed by atoms with Crippen LogP contribution in [0.15, 0.2) is 41.2 Å². The molecule has 1 aliphatic rings. The van der Waals surface area contributed by atoms with Gasteiger partial charge in [0.15, 0.2) is 0 Å². The third kappa shape index (κ3) is 4.85. The number of benzene rings is 1. The van der Waals surface area contributed by atoms with Gasteiger partial charge >= 0.3 is 0 Å². The second-order valence-electron chi connectivity index (χ2n) is 7.59. The van der Waals surface area contributed by atoms with Crippen LogP contribution in [0.1, 0.15) is 34.3 Å². The fourth-order valence-electron chi connectivity index (χ4n) is 3.61. The monoisotopic (exact) mass is 397 g/mol. The van der Waals surface area contributed by atoms with E-state index in [-0.39, 0.29) is 30.2 Å². The first-order valence-corrected chi connectivity index (χ1v) is 9.79. The number of likely N-dealkylation sites (tertiary alicyclic amines) is 1. The van der Waals surface area contributed by atoms with Crippen LogP contribution < -0.4 is 5.32 Å². The molecule has 1 atom stereocenters. The van der Waals surface area contributed by atoms with E-state index in [2.05, 4.69) is 5.32 Å². The van der Waals surface area contributed by atoms with Gasteiger partial charge in [-0.2, -0.15) is 0 Å².